The number of carboxylic acid groups (broad SMARTS) is 1. The monoisotopic (exact) mass is 317 g/mol. The van der Waals surface area contributed by atoms with E-state index in [1.54, 1.807) is 13.8 Å². The Morgan fingerprint density at radius 2 is 1.86 bits per heavy atom. The summed E-state index contributed by atoms with van der Waals surface area (Å²) in [6.07, 6.45) is 0. The smallest absolute Gasteiger partial charge is 0.352 e. The first kappa shape index (κ1) is 17.2. The molecule has 1 heterocycles. The van der Waals surface area contributed by atoms with Gasteiger partial charge in [0.25, 0.3) is 0 Å². The van der Waals surface area contributed by atoms with Gasteiger partial charge in [-0.25, -0.2) is 17.9 Å². The average Bonchev–Trinajstić information content (AvgIpc) is 2.62. The molecule has 0 saturated heterocycles. The molecule has 1 aromatic rings. The number of carboxylic acids is 1. The molecule has 0 spiro atoms. The first-order valence-electron chi connectivity index (χ1n) is 6.27. The summed E-state index contributed by atoms with van der Waals surface area (Å²) in [6, 6.07) is -0.101. The highest BCUT2D eigenvalue weighted by atomic mass is 32.2. The Balaban J connectivity index is 2.99. The first-order chi connectivity index (χ1) is 9.56. The molecule has 0 unspecified atom stereocenters. The van der Waals surface area contributed by atoms with Gasteiger partial charge in [0.15, 0.2) is 0 Å². The summed E-state index contributed by atoms with van der Waals surface area (Å²) in [6.45, 7) is 5.96. The second kappa shape index (κ2) is 6.27. The van der Waals surface area contributed by atoms with Crippen LogP contribution in [-0.2, 0) is 14.8 Å². The van der Waals surface area contributed by atoms with Crippen molar-refractivity contribution >= 4 is 21.9 Å². The van der Waals surface area contributed by atoms with Gasteiger partial charge in [0, 0.05) is 17.3 Å². The van der Waals surface area contributed by atoms with E-state index >= 15 is 0 Å². The van der Waals surface area contributed by atoms with Crippen molar-refractivity contribution in [3.05, 3.63) is 17.0 Å². The minimum absolute atomic E-state index is 0.101. The largest absolute Gasteiger partial charge is 0.477 e. The number of nitrogens with one attached hydrogen (secondary N) is 3. The lowest BCUT2D eigenvalue weighted by Gasteiger charge is -2.10. The van der Waals surface area contributed by atoms with Gasteiger partial charge in [-0.2, -0.15) is 0 Å². The first-order valence-corrected chi connectivity index (χ1v) is 7.76. The third-order valence-electron chi connectivity index (χ3n) is 2.72. The van der Waals surface area contributed by atoms with Crippen molar-refractivity contribution in [2.75, 3.05) is 6.54 Å². The molecule has 4 N–H and O–H groups in total. The fraction of sp³-hybridized carbons (Fsp3) is 0.500. The summed E-state index contributed by atoms with van der Waals surface area (Å²) in [5, 5.41) is 11.5. The van der Waals surface area contributed by atoms with Crippen LogP contribution in [0.2, 0.25) is 0 Å². The second-order valence-electron chi connectivity index (χ2n) is 4.93. The number of rotatable bonds is 6. The van der Waals surface area contributed by atoms with E-state index in [0.29, 0.717) is 0 Å². The van der Waals surface area contributed by atoms with Crippen LogP contribution in [-0.4, -0.2) is 43.0 Å². The molecule has 1 rings (SSSR count). The highest BCUT2D eigenvalue weighted by Crippen LogP contribution is 2.22. The Morgan fingerprint density at radius 1 is 1.29 bits per heavy atom. The van der Waals surface area contributed by atoms with Gasteiger partial charge >= 0.3 is 5.97 Å². The molecule has 0 saturated carbocycles. The molecular formula is C12H19N3O5S. The number of H-pyrrole nitrogens is 1. The Kier molecular flexibility index (Phi) is 5.13. The van der Waals surface area contributed by atoms with E-state index in [9.17, 15) is 18.0 Å². The number of aromatic carboxylic acids is 1. The molecule has 8 nitrogen and oxygen atoms in total. The van der Waals surface area contributed by atoms with Gasteiger partial charge in [0.05, 0.1) is 6.54 Å². The van der Waals surface area contributed by atoms with Gasteiger partial charge in [0.2, 0.25) is 15.9 Å². The zero-order valence-corrected chi connectivity index (χ0v) is 13.1. The van der Waals surface area contributed by atoms with Crippen molar-refractivity contribution in [3.63, 3.8) is 0 Å². The zero-order valence-electron chi connectivity index (χ0n) is 12.3. The van der Waals surface area contributed by atoms with Crippen LogP contribution >= 0.6 is 0 Å². The van der Waals surface area contributed by atoms with Crippen molar-refractivity contribution < 1.29 is 23.1 Å². The SMILES string of the molecule is Cc1[nH]c(C(=O)O)c(C)c1S(=O)(=O)NCC(=O)NC(C)C. The molecule has 0 aromatic carbocycles. The highest BCUT2D eigenvalue weighted by molar-refractivity contribution is 7.89. The molecule has 9 heteroatoms. The Labute approximate surface area is 123 Å². The van der Waals surface area contributed by atoms with Crippen LogP contribution in [0.3, 0.4) is 0 Å². The Bertz CT molecular complexity index is 661. The highest BCUT2D eigenvalue weighted by Gasteiger charge is 2.26. The van der Waals surface area contributed by atoms with Crippen LogP contribution in [0, 0.1) is 13.8 Å². The quantitative estimate of drug-likeness (QED) is 0.593. The summed E-state index contributed by atoms with van der Waals surface area (Å²) in [5.41, 5.74) is 0.137. The fourth-order valence-corrected chi connectivity index (χ4v) is 3.38. The number of hydrogen-bond donors (Lipinski definition) is 4. The molecule has 0 aliphatic carbocycles. The van der Waals surface area contributed by atoms with Crippen molar-refractivity contribution in [1.29, 1.82) is 0 Å². The summed E-state index contributed by atoms with van der Waals surface area (Å²) >= 11 is 0. The predicted octanol–water partition coefficient (Wildman–Crippen LogP) is 0.133. The number of sulfonamides is 1. The molecule has 1 amide bonds. The van der Waals surface area contributed by atoms with E-state index in [0.717, 1.165) is 0 Å². The van der Waals surface area contributed by atoms with Gasteiger partial charge < -0.3 is 15.4 Å². The topological polar surface area (TPSA) is 128 Å². The summed E-state index contributed by atoms with van der Waals surface area (Å²) in [4.78, 5) is 24.8. The molecule has 1 aromatic heterocycles. The zero-order chi connectivity index (χ0) is 16.4. The Morgan fingerprint density at radius 3 is 2.29 bits per heavy atom. The Hall–Kier alpha value is -1.87. The van der Waals surface area contributed by atoms with Crippen LogP contribution in [0.25, 0.3) is 0 Å². The van der Waals surface area contributed by atoms with Gasteiger partial charge in [-0.15, -0.1) is 0 Å². The summed E-state index contributed by atoms with van der Waals surface area (Å²) in [7, 11) is -3.97. The maximum Gasteiger partial charge on any atom is 0.352 e. The van der Waals surface area contributed by atoms with E-state index in [2.05, 4.69) is 15.0 Å². The number of carbonyl (C=O) groups is 2. The average molecular weight is 317 g/mol. The molecule has 0 bridgehead atoms. The summed E-state index contributed by atoms with van der Waals surface area (Å²) in [5.74, 6) is -1.70. The van der Waals surface area contributed by atoms with Crippen molar-refractivity contribution in [2.24, 2.45) is 0 Å². The predicted molar refractivity (Wildman–Crippen MR) is 75.7 cm³/mol. The molecule has 0 atom stereocenters. The number of hydrogen-bond acceptors (Lipinski definition) is 4. The third-order valence-corrected chi connectivity index (χ3v) is 4.40. The molecule has 0 fully saturated rings. The third kappa shape index (κ3) is 4.05. The molecule has 0 aliphatic rings. The maximum absolute atomic E-state index is 12.2. The minimum atomic E-state index is -3.97. The van der Waals surface area contributed by atoms with Gasteiger partial charge in [-0.3, -0.25) is 4.79 Å². The minimum Gasteiger partial charge on any atom is -0.477 e. The standard InChI is InChI=1S/C12H19N3O5S/c1-6(2)14-9(16)5-13-21(19,20)11-7(3)10(12(17)18)15-8(11)4/h6,13,15H,5H2,1-4H3,(H,14,16)(H,17,18). The van der Waals surface area contributed by atoms with Crippen LogP contribution in [0.4, 0.5) is 0 Å². The van der Waals surface area contributed by atoms with Gasteiger partial charge in [-0.05, 0) is 27.7 Å². The van der Waals surface area contributed by atoms with Crippen molar-refractivity contribution in [2.45, 2.75) is 38.6 Å². The molecular weight excluding hydrogens is 298 g/mol. The number of carbonyl (C=O) groups excluding carboxylic acids is 1. The number of aromatic amines is 1. The van der Waals surface area contributed by atoms with Crippen molar-refractivity contribution in [1.82, 2.24) is 15.0 Å². The van der Waals surface area contributed by atoms with Crippen LogP contribution in [0.5, 0.6) is 0 Å². The van der Waals surface area contributed by atoms with E-state index in [4.69, 9.17) is 5.11 Å². The lowest BCUT2D eigenvalue weighted by molar-refractivity contribution is -0.120. The fourth-order valence-electron chi connectivity index (χ4n) is 1.96. The second-order valence-corrected chi connectivity index (χ2v) is 6.63. The number of aryl methyl sites for hydroxylation is 1. The van der Waals surface area contributed by atoms with Gasteiger partial charge in [-0.1, -0.05) is 0 Å². The van der Waals surface area contributed by atoms with Crippen LogP contribution in [0.1, 0.15) is 35.6 Å². The van der Waals surface area contributed by atoms with Crippen LogP contribution in [0.15, 0.2) is 4.90 Å². The lowest BCUT2D eigenvalue weighted by Crippen LogP contribution is -2.40. The lowest BCUT2D eigenvalue weighted by atomic mass is 10.2. The molecule has 21 heavy (non-hydrogen) atoms. The molecule has 0 radical (unpaired) electrons. The van der Waals surface area contributed by atoms with E-state index in [1.807, 2.05) is 0 Å². The van der Waals surface area contributed by atoms with E-state index in [-0.39, 0.29) is 27.9 Å². The molecule has 118 valence electrons. The van der Waals surface area contributed by atoms with E-state index in [1.165, 1.54) is 13.8 Å². The summed E-state index contributed by atoms with van der Waals surface area (Å²) < 4.78 is 26.6. The van der Waals surface area contributed by atoms with Gasteiger partial charge in [0.1, 0.15) is 10.6 Å². The normalized spacial score (nSPS) is 11.7. The maximum atomic E-state index is 12.2. The molecule has 0 aliphatic heterocycles. The van der Waals surface area contributed by atoms with Crippen molar-refractivity contribution in [3.8, 4) is 0 Å². The van der Waals surface area contributed by atoms with Crippen LogP contribution < -0.4 is 10.0 Å². The van der Waals surface area contributed by atoms with E-state index < -0.39 is 28.4 Å². The number of amides is 1. The number of aromatic nitrogens is 1.